The van der Waals surface area contributed by atoms with Gasteiger partial charge in [0.2, 0.25) is 5.91 Å². The largest absolute Gasteiger partial charge is 0.353 e. The van der Waals surface area contributed by atoms with Gasteiger partial charge in [-0.1, -0.05) is 24.9 Å². The van der Waals surface area contributed by atoms with Gasteiger partial charge in [-0.05, 0) is 37.6 Å². The predicted octanol–water partition coefficient (Wildman–Crippen LogP) is 2.63. The molecule has 1 atom stereocenters. The SMILES string of the molecule is CCCC1(C)C(=O)NCCN1Cc1nnc(-c2ccc(Cl)cc2)n1C. The molecule has 1 fully saturated rings. The first-order valence-electron chi connectivity index (χ1n) is 8.63. The number of hydrogen-bond acceptors (Lipinski definition) is 4. The van der Waals surface area contributed by atoms with Gasteiger partial charge in [0.05, 0.1) is 12.1 Å². The van der Waals surface area contributed by atoms with Gasteiger partial charge in [0.1, 0.15) is 5.82 Å². The van der Waals surface area contributed by atoms with Crippen molar-refractivity contribution in [1.29, 1.82) is 0 Å². The molecular formula is C18H24ClN5O. The molecule has 0 spiro atoms. The molecule has 1 aromatic heterocycles. The monoisotopic (exact) mass is 361 g/mol. The highest BCUT2D eigenvalue weighted by atomic mass is 35.5. The average Bonchev–Trinajstić information content (AvgIpc) is 2.94. The summed E-state index contributed by atoms with van der Waals surface area (Å²) in [5.41, 5.74) is 0.470. The maximum Gasteiger partial charge on any atom is 0.240 e. The van der Waals surface area contributed by atoms with E-state index in [2.05, 4.69) is 27.3 Å². The molecular weight excluding hydrogens is 338 g/mol. The fourth-order valence-corrected chi connectivity index (χ4v) is 3.54. The zero-order valence-corrected chi connectivity index (χ0v) is 15.7. The van der Waals surface area contributed by atoms with E-state index in [9.17, 15) is 4.79 Å². The highest BCUT2D eigenvalue weighted by Crippen LogP contribution is 2.27. The second-order valence-electron chi connectivity index (χ2n) is 6.71. The number of benzene rings is 1. The Labute approximate surface area is 153 Å². The molecule has 134 valence electrons. The molecule has 3 rings (SSSR count). The lowest BCUT2D eigenvalue weighted by Gasteiger charge is -2.43. The summed E-state index contributed by atoms with van der Waals surface area (Å²) in [7, 11) is 1.96. The maximum atomic E-state index is 12.4. The van der Waals surface area contributed by atoms with Gasteiger partial charge in [0.25, 0.3) is 0 Å². The third-order valence-electron chi connectivity index (χ3n) is 4.99. The molecule has 2 heterocycles. The van der Waals surface area contributed by atoms with Crippen LogP contribution in [0.5, 0.6) is 0 Å². The summed E-state index contributed by atoms with van der Waals surface area (Å²) in [4.78, 5) is 14.7. The lowest BCUT2D eigenvalue weighted by Crippen LogP contribution is -2.62. The van der Waals surface area contributed by atoms with Crippen LogP contribution in [0.4, 0.5) is 0 Å². The van der Waals surface area contributed by atoms with Gasteiger partial charge in [0, 0.05) is 30.7 Å². The van der Waals surface area contributed by atoms with Crippen molar-refractivity contribution in [2.75, 3.05) is 13.1 Å². The minimum absolute atomic E-state index is 0.0979. The van der Waals surface area contributed by atoms with Crippen molar-refractivity contribution >= 4 is 17.5 Å². The highest BCUT2D eigenvalue weighted by molar-refractivity contribution is 6.30. The smallest absolute Gasteiger partial charge is 0.240 e. The summed E-state index contributed by atoms with van der Waals surface area (Å²) in [6.07, 6.45) is 1.77. The van der Waals surface area contributed by atoms with Crippen molar-refractivity contribution in [3.05, 3.63) is 35.1 Å². The Hall–Kier alpha value is -1.92. The van der Waals surface area contributed by atoms with E-state index < -0.39 is 5.54 Å². The van der Waals surface area contributed by atoms with E-state index in [1.807, 2.05) is 42.8 Å². The van der Waals surface area contributed by atoms with Crippen LogP contribution >= 0.6 is 11.6 Å². The van der Waals surface area contributed by atoms with E-state index in [-0.39, 0.29) is 5.91 Å². The summed E-state index contributed by atoms with van der Waals surface area (Å²) >= 11 is 5.96. The number of carbonyl (C=O) groups is 1. The number of hydrogen-bond donors (Lipinski definition) is 1. The molecule has 25 heavy (non-hydrogen) atoms. The van der Waals surface area contributed by atoms with Crippen molar-refractivity contribution in [3.8, 4) is 11.4 Å². The molecule has 1 aliphatic rings. The number of nitrogens with one attached hydrogen (secondary N) is 1. The number of nitrogens with zero attached hydrogens (tertiary/aromatic N) is 4. The van der Waals surface area contributed by atoms with Crippen molar-refractivity contribution in [2.45, 2.75) is 38.8 Å². The molecule has 1 amide bonds. The molecule has 0 radical (unpaired) electrons. The van der Waals surface area contributed by atoms with E-state index in [0.29, 0.717) is 18.1 Å². The zero-order valence-electron chi connectivity index (χ0n) is 14.9. The first kappa shape index (κ1) is 17.9. The van der Waals surface area contributed by atoms with Crippen molar-refractivity contribution in [1.82, 2.24) is 25.0 Å². The molecule has 0 aliphatic carbocycles. The van der Waals surface area contributed by atoms with E-state index in [0.717, 1.165) is 36.6 Å². The number of rotatable bonds is 5. The van der Waals surface area contributed by atoms with E-state index in [1.54, 1.807) is 0 Å². The normalized spacial score (nSPS) is 21.4. The first-order valence-corrected chi connectivity index (χ1v) is 9.01. The Bertz CT molecular complexity index is 757. The van der Waals surface area contributed by atoms with Gasteiger partial charge < -0.3 is 9.88 Å². The van der Waals surface area contributed by atoms with Gasteiger partial charge in [-0.3, -0.25) is 9.69 Å². The van der Waals surface area contributed by atoms with Crippen LogP contribution in [0.25, 0.3) is 11.4 Å². The minimum atomic E-state index is -0.501. The Balaban J connectivity index is 1.85. The van der Waals surface area contributed by atoms with Gasteiger partial charge in [-0.15, -0.1) is 10.2 Å². The van der Waals surface area contributed by atoms with Gasteiger partial charge in [-0.2, -0.15) is 0 Å². The van der Waals surface area contributed by atoms with Crippen LogP contribution in [0.2, 0.25) is 5.02 Å². The molecule has 1 N–H and O–H groups in total. The van der Waals surface area contributed by atoms with Crippen LogP contribution in [-0.4, -0.2) is 44.2 Å². The lowest BCUT2D eigenvalue weighted by atomic mass is 9.90. The predicted molar refractivity (Wildman–Crippen MR) is 98.2 cm³/mol. The fraction of sp³-hybridized carbons (Fsp3) is 0.500. The summed E-state index contributed by atoms with van der Waals surface area (Å²) in [5, 5.41) is 12.4. The second-order valence-corrected chi connectivity index (χ2v) is 7.14. The van der Waals surface area contributed by atoms with Crippen LogP contribution in [0, 0.1) is 0 Å². The van der Waals surface area contributed by atoms with Crippen LogP contribution in [0.15, 0.2) is 24.3 Å². The molecule has 2 aromatic rings. The number of amides is 1. The quantitative estimate of drug-likeness (QED) is 0.889. The van der Waals surface area contributed by atoms with Crippen LogP contribution in [0.3, 0.4) is 0 Å². The summed E-state index contributed by atoms with van der Waals surface area (Å²) in [6.45, 7) is 6.19. The highest BCUT2D eigenvalue weighted by Gasteiger charge is 2.41. The standard InChI is InChI=1S/C18H24ClN5O/c1-4-9-18(2)17(25)20-10-11-24(18)12-15-21-22-16(23(15)3)13-5-7-14(19)8-6-13/h5-8H,4,9-12H2,1-3H3,(H,20,25). The number of piperazine rings is 1. The number of aromatic nitrogens is 3. The van der Waals surface area contributed by atoms with E-state index >= 15 is 0 Å². The summed E-state index contributed by atoms with van der Waals surface area (Å²) in [6, 6.07) is 7.56. The number of carbonyl (C=O) groups excluding carboxylic acids is 1. The molecule has 1 unspecified atom stereocenters. The fourth-order valence-electron chi connectivity index (χ4n) is 3.42. The molecule has 6 nitrogen and oxygen atoms in total. The summed E-state index contributed by atoms with van der Waals surface area (Å²) in [5.74, 6) is 1.74. The van der Waals surface area contributed by atoms with Gasteiger partial charge >= 0.3 is 0 Å². The van der Waals surface area contributed by atoms with Crippen LogP contribution in [-0.2, 0) is 18.4 Å². The Kier molecular flexibility index (Phi) is 5.11. The lowest BCUT2D eigenvalue weighted by molar-refractivity contribution is -0.137. The van der Waals surface area contributed by atoms with E-state index in [4.69, 9.17) is 11.6 Å². The maximum absolute atomic E-state index is 12.4. The molecule has 1 saturated heterocycles. The van der Waals surface area contributed by atoms with Crippen LogP contribution in [0.1, 0.15) is 32.5 Å². The average molecular weight is 362 g/mol. The first-order chi connectivity index (χ1) is 12.0. The Morgan fingerprint density at radius 2 is 2.00 bits per heavy atom. The second kappa shape index (κ2) is 7.14. The Morgan fingerprint density at radius 1 is 1.28 bits per heavy atom. The van der Waals surface area contributed by atoms with Crippen LogP contribution < -0.4 is 5.32 Å². The van der Waals surface area contributed by atoms with Crippen molar-refractivity contribution in [2.24, 2.45) is 7.05 Å². The van der Waals surface area contributed by atoms with Gasteiger partial charge in [0.15, 0.2) is 5.82 Å². The summed E-state index contributed by atoms with van der Waals surface area (Å²) < 4.78 is 1.99. The third kappa shape index (κ3) is 3.41. The molecule has 7 heteroatoms. The molecule has 1 aliphatic heterocycles. The number of halogens is 1. The van der Waals surface area contributed by atoms with Crippen molar-refractivity contribution in [3.63, 3.8) is 0 Å². The van der Waals surface area contributed by atoms with Gasteiger partial charge in [-0.25, -0.2) is 0 Å². The van der Waals surface area contributed by atoms with Crippen molar-refractivity contribution < 1.29 is 4.79 Å². The molecule has 0 saturated carbocycles. The topological polar surface area (TPSA) is 63.1 Å². The Morgan fingerprint density at radius 3 is 2.68 bits per heavy atom. The molecule has 0 bridgehead atoms. The zero-order chi connectivity index (χ0) is 18.0. The van der Waals surface area contributed by atoms with E-state index in [1.165, 1.54) is 0 Å². The molecule has 1 aromatic carbocycles. The third-order valence-corrected chi connectivity index (χ3v) is 5.24. The minimum Gasteiger partial charge on any atom is -0.353 e.